The molecule has 0 unspecified atom stereocenters. The monoisotopic (exact) mass is 346 g/mol. The number of amides is 1. The van der Waals surface area contributed by atoms with Crippen molar-refractivity contribution in [1.82, 2.24) is 20.3 Å². The molecule has 2 aromatic rings. The van der Waals surface area contributed by atoms with E-state index >= 15 is 0 Å². The summed E-state index contributed by atoms with van der Waals surface area (Å²) in [7, 11) is 0. The molecule has 3 heterocycles. The Kier molecular flexibility index (Phi) is 5.22. The zero-order valence-electron chi connectivity index (χ0n) is 15.3. The Morgan fingerprint density at radius 2 is 2.12 bits per heavy atom. The summed E-state index contributed by atoms with van der Waals surface area (Å²) in [5.41, 5.74) is 4.19. The predicted molar refractivity (Wildman–Crippen MR) is 92.2 cm³/mol. The third-order valence-electron chi connectivity index (χ3n) is 4.98. The molecule has 1 aliphatic heterocycles. The maximum Gasteiger partial charge on any atom is 0.222 e. The highest BCUT2D eigenvalue weighted by molar-refractivity contribution is 5.76. The van der Waals surface area contributed by atoms with E-state index in [1.807, 2.05) is 31.5 Å². The van der Waals surface area contributed by atoms with Crippen molar-refractivity contribution in [2.75, 3.05) is 13.2 Å². The van der Waals surface area contributed by atoms with Gasteiger partial charge in [-0.05, 0) is 33.3 Å². The summed E-state index contributed by atoms with van der Waals surface area (Å²) in [6, 6.07) is 1.95. The smallest absolute Gasteiger partial charge is 0.222 e. The van der Waals surface area contributed by atoms with Crippen LogP contribution in [0.1, 0.15) is 34.8 Å². The topological polar surface area (TPSA) is 82.2 Å². The second-order valence-corrected chi connectivity index (χ2v) is 6.88. The molecule has 7 nitrogen and oxygen atoms in total. The van der Waals surface area contributed by atoms with Gasteiger partial charge in [0.1, 0.15) is 5.76 Å². The van der Waals surface area contributed by atoms with Gasteiger partial charge in [0, 0.05) is 37.1 Å². The molecule has 1 N–H and O–H groups in total. The van der Waals surface area contributed by atoms with Gasteiger partial charge >= 0.3 is 0 Å². The highest BCUT2D eigenvalue weighted by Gasteiger charge is 2.30. The maximum absolute atomic E-state index is 12.3. The van der Waals surface area contributed by atoms with Crippen molar-refractivity contribution < 1.29 is 14.1 Å². The maximum atomic E-state index is 12.3. The van der Waals surface area contributed by atoms with Gasteiger partial charge in [-0.15, -0.1) is 0 Å². The van der Waals surface area contributed by atoms with E-state index in [0.717, 1.165) is 29.3 Å². The molecule has 0 aliphatic carbocycles. The molecule has 3 rings (SSSR count). The number of hydrogen-bond donors (Lipinski definition) is 1. The number of carbonyl (C=O) groups is 1. The third-order valence-corrected chi connectivity index (χ3v) is 4.98. The van der Waals surface area contributed by atoms with Crippen molar-refractivity contribution in [2.24, 2.45) is 5.92 Å². The molecule has 25 heavy (non-hydrogen) atoms. The van der Waals surface area contributed by atoms with Crippen LogP contribution >= 0.6 is 0 Å². The molecule has 1 fully saturated rings. The zero-order chi connectivity index (χ0) is 18.0. The lowest BCUT2D eigenvalue weighted by Crippen LogP contribution is -2.40. The van der Waals surface area contributed by atoms with Gasteiger partial charge < -0.3 is 14.6 Å². The Balaban J connectivity index is 1.52. The Morgan fingerprint density at radius 1 is 1.32 bits per heavy atom. The number of rotatable bonds is 6. The van der Waals surface area contributed by atoms with Crippen LogP contribution in [0.5, 0.6) is 0 Å². The second-order valence-electron chi connectivity index (χ2n) is 6.88. The molecule has 136 valence electrons. The van der Waals surface area contributed by atoms with Crippen molar-refractivity contribution in [3.05, 3.63) is 34.5 Å². The van der Waals surface area contributed by atoms with Crippen LogP contribution in [0.25, 0.3) is 0 Å². The minimum atomic E-state index is 0.0140. The lowest BCUT2D eigenvalue weighted by atomic mass is 9.98. The zero-order valence-corrected chi connectivity index (χ0v) is 15.3. The highest BCUT2D eigenvalue weighted by Crippen LogP contribution is 2.20. The normalized spacial score (nSPS) is 20.2. The van der Waals surface area contributed by atoms with Crippen LogP contribution in [0.2, 0.25) is 0 Å². The predicted octanol–water partition coefficient (Wildman–Crippen LogP) is 1.87. The van der Waals surface area contributed by atoms with E-state index in [1.54, 1.807) is 0 Å². The van der Waals surface area contributed by atoms with E-state index in [4.69, 9.17) is 9.26 Å². The standard InChI is InChI=1S/C18H26N4O3/c1-11-7-16(25-21-11)8-15-9-24-10-17(15)19-18(23)5-6-22-14(4)12(2)13(3)20-22/h7,15,17H,5-6,8-10H2,1-4H3,(H,19,23)/t15-,17+/m1/s1. The van der Waals surface area contributed by atoms with Crippen LogP contribution in [0.3, 0.4) is 0 Å². The van der Waals surface area contributed by atoms with Crippen LogP contribution in [-0.4, -0.2) is 40.1 Å². The van der Waals surface area contributed by atoms with Crippen molar-refractivity contribution in [1.29, 1.82) is 0 Å². The van der Waals surface area contributed by atoms with Gasteiger partial charge in [-0.25, -0.2) is 0 Å². The first-order valence-electron chi connectivity index (χ1n) is 8.74. The lowest BCUT2D eigenvalue weighted by molar-refractivity contribution is -0.122. The van der Waals surface area contributed by atoms with Crippen molar-refractivity contribution >= 4 is 5.91 Å². The quantitative estimate of drug-likeness (QED) is 0.863. The van der Waals surface area contributed by atoms with Gasteiger partial charge in [0.05, 0.1) is 30.6 Å². The SMILES string of the molecule is Cc1cc(C[C@@H]2COC[C@@H]2NC(=O)CCn2nc(C)c(C)c2C)on1. The average Bonchev–Trinajstić information content (AvgIpc) is 3.24. The van der Waals surface area contributed by atoms with Gasteiger partial charge in [-0.2, -0.15) is 5.10 Å². The first-order valence-corrected chi connectivity index (χ1v) is 8.74. The third kappa shape index (κ3) is 4.10. The molecule has 1 amide bonds. The summed E-state index contributed by atoms with van der Waals surface area (Å²) in [6.07, 6.45) is 1.13. The minimum absolute atomic E-state index is 0.0140. The van der Waals surface area contributed by atoms with Crippen LogP contribution in [0.4, 0.5) is 0 Å². The summed E-state index contributed by atoms with van der Waals surface area (Å²) in [4.78, 5) is 12.3. The molecule has 0 radical (unpaired) electrons. The first-order chi connectivity index (χ1) is 11.9. The molecule has 1 aliphatic rings. The van der Waals surface area contributed by atoms with Crippen LogP contribution in [0.15, 0.2) is 10.6 Å². The molecule has 0 spiro atoms. The summed E-state index contributed by atoms with van der Waals surface area (Å²) in [5, 5.41) is 11.5. The second kappa shape index (κ2) is 7.39. The van der Waals surface area contributed by atoms with Crippen LogP contribution in [0, 0.1) is 33.6 Å². The summed E-state index contributed by atoms with van der Waals surface area (Å²) in [6.45, 7) is 9.74. The number of aryl methyl sites for hydroxylation is 3. The van der Waals surface area contributed by atoms with E-state index in [-0.39, 0.29) is 17.9 Å². The number of aromatic nitrogens is 3. The van der Waals surface area contributed by atoms with Gasteiger partial charge in [-0.3, -0.25) is 9.48 Å². The summed E-state index contributed by atoms with van der Waals surface area (Å²) < 4.78 is 12.7. The molecule has 7 heteroatoms. The van der Waals surface area contributed by atoms with E-state index in [1.165, 1.54) is 5.56 Å². The molecule has 1 saturated heterocycles. The molecule has 2 atom stereocenters. The fourth-order valence-electron chi connectivity index (χ4n) is 3.22. The molecule has 0 aromatic carbocycles. The number of carbonyl (C=O) groups excluding carboxylic acids is 1. The molecule has 2 aromatic heterocycles. The van der Waals surface area contributed by atoms with Crippen LogP contribution in [-0.2, 0) is 22.5 Å². The Morgan fingerprint density at radius 3 is 2.76 bits per heavy atom. The minimum Gasteiger partial charge on any atom is -0.379 e. The molecule has 0 saturated carbocycles. The van der Waals surface area contributed by atoms with E-state index in [2.05, 4.69) is 22.5 Å². The van der Waals surface area contributed by atoms with Crippen molar-refractivity contribution in [3.63, 3.8) is 0 Å². The number of hydrogen-bond acceptors (Lipinski definition) is 5. The van der Waals surface area contributed by atoms with Gasteiger partial charge in [-0.1, -0.05) is 5.16 Å². The van der Waals surface area contributed by atoms with E-state index in [0.29, 0.717) is 26.2 Å². The molecule has 0 bridgehead atoms. The Bertz CT molecular complexity index is 750. The first kappa shape index (κ1) is 17.7. The fraction of sp³-hybridized carbons (Fsp3) is 0.611. The Hall–Kier alpha value is -2.15. The molecular formula is C18H26N4O3. The number of nitrogens with zero attached hydrogens (tertiary/aromatic N) is 3. The van der Waals surface area contributed by atoms with E-state index in [9.17, 15) is 4.79 Å². The van der Waals surface area contributed by atoms with Crippen LogP contribution < -0.4 is 5.32 Å². The number of ether oxygens (including phenoxy) is 1. The fourth-order valence-corrected chi connectivity index (χ4v) is 3.22. The lowest BCUT2D eigenvalue weighted by Gasteiger charge is -2.18. The summed E-state index contributed by atoms with van der Waals surface area (Å²) in [5.74, 6) is 1.08. The number of nitrogens with one attached hydrogen (secondary N) is 1. The van der Waals surface area contributed by atoms with Crippen molar-refractivity contribution in [3.8, 4) is 0 Å². The van der Waals surface area contributed by atoms with Crippen molar-refractivity contribution in [2.45, 2.75) is 53.1 Å². The Labute approximate surface area is 147 Å². The van der Waals surface area contributed by atoms with Gasteiger partial charge in [0.15, 0.2) is 0 Å². The highest BCUT2D eigenvalue weighted by atomic mass is 16.5. The largest absolute Gasteiger partial charge is 0.379 e. The average molecular weight is 346 g/mol. The van der Waals surface area contributed by atoms with Gasteiger partial charge in [0.2, 0.25) is 5.91 Å². The van der Waals surface area contributed by atoms with Gasteiger partial charge in [0.25, 0.3) is 0 Å². The molecular weight excluding hydrogens is 320 g/mol. The van der Waals surface area contributed by atoms with E-state index < -0.39 is 0 Å². The summed E-state index contributed by atoms with van der Waals surface area (Å²) >= 11 is 0.